The van der Waals surface area contributed by atoms with Crippen LogP contribution in [-0.4, -0.2) is 45.0 Å². The Morgan fingerprint density at radius 1 is 1.09 bits per heavy atom. The number of ether oxygens (including phenoxy) is 4. The summed E-state index contributed by atoms with van der Waals surface area (Å²) in [6, 6.07) is 10.3. The van der Waals surface area contributed by atoms with E-state index in [-0.39, 0.29) is 12.4 Å². The number of nitrogens with zero attached hydrogens (tertiary/aromatic N) is 1. The molecule has 1 amide bonds. The summed E-state index contributed by atoms with van der Waals surface area (Å²) in [5.74, 6) is 0.576. The zero-order valence-corrected chi connectivity index (χ0v) is 19.9. The highest BCUT2D eigenvalue weighted by atomic mass is 79.9. The summed E-state index contributed by atoms with van der Waals surface area (Å²) in [4.78, 5) is 23.8. The Morgan fingerprint density at radius 2 is 1.88 bits per heavy atom. The Labute approximate surface area is 198 Å². The number of hydrazone groups is 1. The Bertz CT molecular complexity index is 1170. The van der Waals surface area contributed by atoms with Crippen LogP contribution in [0.1, 0.15) is 30.0 Å². The van der Waals surface area contributed by atoms with Crippen LogP contribution in [0, 0.1) is 0 Å². The lowest BCUT2D eigenvalue weighted by atomic mass is 10.2. The van der Waals surface area contributed by atoms with Gasteiger partial charge in [0.25, 0.3) is 0 Å². The number of carbonyl (C=O) groups excluding carboxylic acids is 2. The van der Waals surface area contributed by atoms with Gasteiger partial charge < -0.3 is 23.4 Å². The summed E-state index contributed by atoms with van der Waals surface area (Å²) >= 11 is 3.40. The fourth-order valence-electron chi connectivity index (χ4n) is 2.87. The molecule has 0 atom stereocenters. The molecule has 1 aromatic heterocycles. The SMILES string of the molecule is CCOc1ccc2oc(C(=O)N/N=C/c3cc(Br)c(OCC(=O)OC)c(OCC)c3)cc2c1. The quantitative estimate of drug-likeness (QED) is 0.242. The minimum Gasteiger partial charge on any atom is -0.494 e. The second-order valence-corrected chi connectivity index (χ2v) is 7.42. The Balaban J connectivity index is 1.71. The zero-order valence-electron chi connectivity index (χ0n) is 18.3. The maximum Gasteiger partial charge on any atom is 0.343 e. The molecular weight excluding hydrogens is 496 g/mol. The van der Waals surface area contributed by atoms with Gasteiger partial charge >= 0.3 is 11.9 Å². The molecule has 3 rings (SSSR count). The van der Waals surface area contributed by atoms with Crippen molar-refractivity contribution in [1.29, 1.82) is 0 Å². The minimum atomic E-state index is -0.516. The highest BCUT2D eigenvalue weighted by Gasteiger charge is 2.15. The molecular formula is C23H23BrN2O7. The Kier molecular flexibility index (Phi) is 8.31. The van der Waals surface area contributed by atoms with Gasteiger partial charge in [0.2, 0.25) is 0 Å². The van der Waals surface area contributed by atoms with Crippen LogP contribution >= 0.6 is 15.9 Å². The van der Waals surface area contributed by atoms with Gasteiger partial charge in [0.1, 0.15) is 11.3 Å². The average Bonchev–Trinajstić information content (AvgIpc) is 3.22. The molecule has 33 heavy (non-hydrogen) atoms. The molecule has 10 heteroatoms. The number of amides is 1. The van der Waals surface area contributed by atoms with Crippen LogP contribution in [0.5, 0.6) is 17.2 Å². The molecule has 9 nitrogen and oxygen atoms in total. The van der Waals surface area contributed by atoms with Crippen LogP contribution in [0.25, 0.3) is 11.0 Å². The first-order valence-electron chi connectivity index (χ1n) is 10.1. The second-order valence-electron chi connectivity index (χ2n) is 6.57. The molecule has 0 unspecified atom stereocenters. The van der Waals surface area contributed by atoms with Gasteiger partial charge in [0.05, 0.1) is 31.0 Å². The maximum absolute atomic E-state index is 12.4. The van der Waals surface area contributed by atoms with Crippen LogP contribution < -0.4 is 19.6 Å². The Hall–Kier alpha value is -3.53. The first-order valence-corrected chi connectivity index (χ1v) is 10.9. The van der Waals surface area contributed by atoms with Crippen LogP contribution in [0.3, 0.4) is 0 Å². The van der Waals surface area contributed by atoms with Crippen molar-refractivity contribution in [3.05, 3.63) is 52.2 Å². The third-order valence-corrected chi connectivity index (χ3v) is 4.89. The van der Waals surface area contributed by atoms with Gasteiger partial charge in [-0.15, -0.1) is 0 Å². The normalized spacial score (nSPS) is 10.9. The number of carbonyl (C=O) groups is 2. The summed E-state index contributed by atoms with van der Waals surface area (Å²) in [6.07, 6.45) is 1.45. The maximum atomic E-state index is 12.4. The van der Waals surface area contributed by atoms with Crippen molar-refractivity contribution >= 4 is 45.0 Å². The van der Waals surface area contributed by atoms with Crippen molar-refractivity contribution in [2.75, 3.05) is 26.9 Å². The molecule has 3 aromatic rings. The zero-order chi connectivity index (χ0) is 23.8. The van der Waals surface area contributed by atoms with Crippen molar-refractivity contribution < 1.29 is 33.0 Å². The fraction of sp³-hybridized carbons (Fsp3) is 0.261. The highest BCUT2D eigenvalue weighted by Crippen LogP contribution is 2.36. The van der Waals surface area contributed by atoms with Crippen molar-refractivity contribution in [2.45, 2.75) is 13.8 Å². The van der Waals surface area contributed by atoms with Crippen LogP contribution in [0.15, 0.2) is 50.4 Å². The summed E-state index contributed by atoms with van der Waals surface area (Å²) in [7, 11) is 1.28. The number of fused-ring (bicyclic) bond motifs is 1. The molecule has 0 saturated heterocycles. The van der Waals surface area contributed by atoms with Gasteiger partial charge in [0.15, 0.2) is 23.9 Å². The number of hydrogen-bond donors (Lipinski definition) is 1. The predicted octanol–water partition coefficient (Wildman–Crippen LogP) is 4.31. The van der Waals surface area contributed by atoms with Crippen LogP contribution in [0.2, 0.25) is 0 Å². The molecule has 0 bridgehead atoms. The summed E-state index contributed by atoms with van der Waals surface area (Å²) < 4.78 is 27.3. The first-order chi connectivity index (χ1) is 15.9. The lowest BCUT2D eigenvalue weighted by Crippen LogP contribution is -2.16. The van der Waals surface area contributed by atoms with Gasteiger partial charge in [-0.05, 0) is 71.7 Å². The van der Waals surface area contributed by atoms with E-state index in [1.165, 1.54) is 13.3 Å². The van der Waals surface area contributed by atoms with E-state index in [4.69, 9.17) is 18.6 Å². The number of rotatable bonds is 10. The van der Waals surface area contributed by atoms with Crippen LogP contribution in [0.4, 0.5) is 0 Å². The van der Waals surface area contributed by atoms with E-state index >= 15 is 0 Å². The number of halogens is 1. The molecule has 2 aromatic carbocycles. The van der Waals surface area contributed by atoms with Gasteiger partial charge in [-0.3, -0.25) is 4.79 Å². The van der Waals surface area contributed by atoms with E-state index in [2.05, 4.69) is 31.2 Å². The van der Waals surface area contributed by atoms with Crippen molar-refractivity contribution in [3.63, 3.8) is 0 Å². The van der Waals surface area contributed by atoms with E-state index in [1.807, 2.05) is 13.8 Å². The molecule has 1 N–H and O–H groups in total. The third-order valence-electron chi connectivity index (χ3n) is 4.30. The molecule has 0 fully saturated rings. The van der Waals surface area contributed by atoms with Gasteiger partial charge in [-0.25, -0.2) is 10.2 Å². The lowest BCUT2D eigenvalue weighted by molar-refractivity contribution is -0.142. The standard InChI is InChI=1S/C23H23BrN2O7/c1-4-30-16-6-7-18-15(10-16)11-20(33-18)23(28)26-25-12-14-8-17(24)22(19(9-14)31-5-2)32-13-21(27)29-3/h6-12H,4-5,13H2,1-3H3,(H,26,28)/b25-12+. The van der Waals surface area contributed by atoms with E-state index in [0.717, 1.165) is 5.39 Å². The summed E-state index contributed by atoms with van der Waals surface area (Å²) in [5.41, 5.74) is 3.64. The lowest BCUT2D eigenvalue weighted by Gasteiger charge is -2.13. The third kappa shape index (κ3) is 6.26. The second kappa shape index (κ2) is 11.4. The molecule has 0 spiro atoms. The number of hydrogen-bond acceptors (Lipinski definition) is 8. The number of esters is 1. The monoisotopic (exact) mass is 518 g/mol. The smallest absolute Gasteiger partial charge is 0.343 e. The van der Waals surface area contributed by atoms with Crippen LogP contribution in [-0.2, 0) is 9.53 Å². The molecule has 0 aliphatic heterocycles. The molecule has 174 valence electrons. The van der Waals surface area contributed by atoms with E-state index in [9.17, 15) is 9.59 Å². The minimum absolute atomic E-state index is 0.124. The topological polar surface area (TPSA) is 109 Å². The predicted molar refractivity (Wildman–Crippen MR) is 125 cm³/mol. The highest BCUT2D eigenvalue weighted by molar-refractivity contribution is 9.10. The molecule has 0 radical (unpaired) electrons. The Morgan fingerprint density at radius 3 is 2.61 bits per heavy atom. The average molecular weight is 519 g/mol. The number of nitrogens with one attached hydrogen (secondary N) is 1. The van der Waals surface area contributed by atoms with Crippen molar-refractivity contribution in [2.24, 2.45) is 5.10 Å². The van der Waals surface area contributed by atoms with E-state index in [0.29, 0.717) is 46.1 Å². The van der Waals surface area contributed by atoms with E-state index in [1.54, 1.807) is 36.4 Å². The molecule has 0 aliphatic carbocycles. The summed E-state index contributed by atoms with van der Waals surface area (Å²) in [5, 5.41) is 4.75. The fourth-order valence-corrected chi connectivity index (χ4v) is 3.44. The van der Waals surface area contributed by atoms with Crippen molar-refractivity contribution in [1.82, 2.24) is 5.43 Å². The van der Waals surface area contributed by atoms with Gasteiger partial charge in [0, 0.05) is 5.39 Å². The van der Waals surface area contributed by atoms with E-state index < -0.39 is 11.9 Å². The number of methoxy groups -OCH3 is 1. The molecule has 1 heterocycles. The number of furan rings is 1. The van der Waals surface area contributed by atoms with Crippen molar-refractivity contribution in [3.8, 4) is 17.2 Å². The molecule has 0 saturated carbocycles. The summed E-state index contributed by atoms with van der Waals surface area (Å²) in [6.45, 7) is 4.39. The largest absolute Gasteiger partial charge is 0.494 e. The molecule has 0 aliphatic rings. The first kappa shape index (κ1) is 24.1. The number of benzene rings is 2. The van der Waals surface area contributed by atoms with Gasteiger partial charge in [-0.2, -0.15) is 5.10 Å². The van der Waals surface area contributed by atoms with Gasteiger partial charge in [-0.1, -0.05) is 0 Å².